The van der Waals surface area contributed by atoms with E-state index in [9.17, 15) is 14.4 Å². The van der Waals surface area contributed by atoms with Crippen LogP contribution < -0.4 is 20.1 Å². The van der Waals surface area contributed by atoms with E-state index in [-0.39, 0.29) is 29.7 Å². The molecule has 0 aliphatic rings. The van der Waals surface area contributed by atoms with Crippen LogP contribution in [0, 0.1) is 0 Å². The second kappa shape index (κ2) is 13.1. The fraction of sp³-hybridized carbons (Fsp3) is 0.240. The summed E-state index contributed by atoms with van der Waals surface area (Å²) < 4.78 is 12.3. The normalized spacial score (nSPS) is 10.8. The third-order valence-electron chi connectivity index (χ3n) is 5.11. The highest BCUT2D eigenvalue weighted by atomic mass is 32.2. The van der Waals surface area contributed by atoms with Crippen molar-refractivity contribution >= 4 is 41.3 Å². The first-order valence-corrected chi connectivity index (χ1v) is 12.2. The third-order valence-corrected chi connectivity index (χ3v) is 6.08. The van der Waals surface area contributed by atoms with E-state index in [0.717, 1.165) is 5.56 Å². The van der Waals surface area contributed by atoms with Crippen LogP contribution in [0.5, 0.6) is 11.5 Å². The number of amides is 2. The number of rotatable bonds is 12. The number of anilines is 1. The largest absolute Gasteiger partial charge is 0.493 e. The van der Waals surface area contributed by atoms with Gasteiger partial charge in [-0.05, 0) is 55.0 Å². The Morgan fingerprint density at radius 2 is 1.78 bits per heavy atom. The molecule has 0 aliphatic heterocycles. The predicted molar refractivity (Wildman–Crippen MR) is 139 cm³/mol. The number of ether oxygens (including phenoxy) is 2. The molecule has 0 saturated heterocycles. The molecule has 2 aromatic carbocycles. The molecule has 2 amide bonds. The summed E-state index contributed by atoms with van der Waals surface area (Å²) in [5, 5.41) is 23.3. The average Bonchev–Trinajstić information content (AvgIpc) is 3.31. The summed E-state index contributed by atoms with van der Waals surface area (Å²) in [5.74, 6) is 0.200. The second-order valence-electron chi connectivity index (χ2n) is 7.53. The number of benzene rings is 2. The average molecular weight is 526 g/mol. The van der Waals surface area contributed by atoms with Crippen molar-refractivity contribution in [3.63, 3.8) is 0 Å². The molecule has 0 saturated carbocycles. The summed E-state index contributed by atoms with van der Waals surface area (Å²) in [5.41, 5.74) is 1.41. The zero-order chi connectivity index (χ0) is 26.8. The Kier molecular flexibility index (Phi) is 9.67. The fourth-order valence-electron chi connectivity index (χ4n) is 3.25. The lowest BCUT2D eigenvalue weighted by Crippen LogP contribution is -2.22. The zero-order valence-corrected chi connectivity index (χ0v) is 21.4. The Labute approximate surface area is 217 Å². The van der Waals surface area contributed by atoms with Gasteiger partial charge in [-0.1, -0.05) is 17.8 Å². The quantitative estimate of drug-likeness (QED) is 0.240. The third kappa shape index (κ3) is 7.58. The maximum atomic E-state index is 12.3. The highest BCUT2D eigenvalue weighted by molar-refractivity contribution is 7.99. The van der Waals surface area contributed by atoms with E-state index in [0.29, 0.717) is 34.7 Å². The number of methoxy groups -OCH3 is 2. The molecule has 3 rings (SSSR count). The van der Waals surface area contributed by atoms with Crippen molar-refractivity contribution in [3.8, 4) is 11.5 Å². The summed E-state index contributed by atoms with van der Waals surface area (Å²) >= 11 is 1.21. The van der Waals surface area contributed by atoms with Gasteiger partial charge in [0.05, 0.1) is 32.1 Å². The first kappa shape index (κ1) is 27.3. The van der Waals surface area contributed by atoms with Crippen molar-refractivity contribution in [2.75, 3.05) is 25.3 Å². The van der Waals surface area contributed by atoms with E-state index in [1.807, 2.05) is 17.6 Å². The van der Waals surface area contributed by atoms with Gasteiger partial charge in [-0.3, -0.25) is 9.59 Å². The molecule has 1 heterocycles. The minimum atomic E-state index is -1.03. The van der Waals surface area contributed by atoms with Gasteiger partial charge in [0, 0.05) is 18.3 Å². The molecule has 0 fully saturated rings. The Balaban J connectivity index is 1.52. The number of carboxylic acids is 1. The van der Waals surface area contributed by atoms with Crippen molar-refractivity contribution < 1.29 is 29.0 Å². The van der Waals surface area contributed by atoms with E-state index in [4.69, 9.17) is 14.6 Å². The monoisotopic (exact) mass is 525 g/mol. The number of carbonyl (C=O) groups is 3. The smallest absolute Gasteiger partial charge is 0.335 e. The molecule has 0 unspecified atom stereocenters. The van der Waals surface area contributed by atoms with E-state index in [1.165, 1.54) is 42.1 Å². The molecule has 0 bridgehead atoms. The van der Waals surface area contributed by atoms with Crippen LogP contribution in [-0.2, 0) is 22.7 Å². The molecule has 194 valence electrons. The van der Waals surface area contributed by atoms with Gasteiger partial charge in [-0.25, -0.2) is 4.79 Å². The molecular formula is C25H27N5O6S. The van der Waals surface area contributed by atoms with Crippen molar-refractivity contribution in [3.05, 3.63) is 65.5 Å². The molecule has 3 aromatic rings. The maximum Gasteiger partial charge on any atom is 0.335 e. The molecule has 0 radical (unpaired) electrons. The van der Waals surface area contributed by atoms with Gasteiger partial charge in [0.25, 0.3) is 0 Å². The SMILES string of the molecule is CCn1c(CNC(=O)/C=C/c2ccc(OC)c(OC)c2)nnc1SCC(=O)Nc1ccc(C(=O)O)cc1. The molecule has 1 aromatic heterocycles. The lowest BCUT2D eigenvalue weighted by atomic mass is 10.2. The highest BCUT2D eigenvalue weighted by Crippen LogP contribution is 2.28. The van der Waals surface area contributed by atoms with Crippen LogP contribution in [0.4, 0.5) is 5.69 Å². The number of aromatic nitrogens is 3. The first-order valence-electron chi connectivity index (χ1n) is 11.2. The zero-order valence-electron chi connectivity index (χ0n) is 20.6. The van der Waals surface area contributed by atoms with Crippen LogP contribution in [0.2, 0.25) is 0 Å². The van der Waals surface area contributed by atoms with Gasteiger partial charge >= 0.3 is 5.97 Å². The van der Waals surface area contributed by atoms with Crippen LogP contribution in [0.25, 0.3) is 6.08 Å². The topological polar surface area (TPSA) is 145 Å². The van der Waals surface area contributed by atoms with Gasteiger partial charge in [-0.2, -0.15) is 0 Å². The van der Waals surface area contributed by atoms with Crippen molar-refractivity contribution in [2.24, 2.45) is 0 Å². The lowest BCUT2D eigenvalue weighted by Gasteiger charge is -2.08. The number of carboxylic acid groups (broad SMARTS) is 1. The molecule has 37 heavy (non-hydrogen) atoms. The van der Waals surface area contributed by atoms with Crippen molar-refractivity contribution in [2.45, 2.75) is 25.2 Å². The second-order valence-corrected chi connectivity index (χ2v) is 8.47. The fourth-order valence-corrected chi connectivity index (χ4v) is 4.07. The number of nitrogens with one attached hydrogen (secondary N) is 2. The highest BCUT2D eigenvalue weighted by Gasteiger charge is 2.14. The molecule has 0 atom stereocenters. The molecule has 0 aliphatic carbocycles. The van der Waals surface area contributed by atoms with Crippen molar-refractivity contribution in [1.82, 2.24) is 20.1 Å². The Morgan fingerprint density at radius 3 is 2.43 bits per heavy atom. The van der Waals surface area contributed by atoms with E-state index in [1.54, 1.807) is 32.4 Å². The Hall–Kier alpha value is -4.32. The van der Waals surface area contributed by atoms with Crippen LogP contribution in [-0.4, -0.2) is 57.6 Å². The Morgan fingerprint density at radius 1 is 1.05 bits per heavy atom. The summed E-state index contributed by atoms with van der Waals surface area (Å²) in [4.78, 5) is 35.6. The maximum absolute atomic E-state index is 12.3. The molecule has 11 nitrogen and oxygen atoms in total. The number of nitrogens with zero attached hydrogens (tertiary/aromatic N) is 3. The first-order chi connectivity index (χ1) is 17.8. The van der Waals surface area contributed by atoms with E-state index >= 15 is 0 Å². The number of thioether (sulfide) groups is 1. The van der Waals surface area contributed by atoms with Gasteiger partial charge in [0.2, 0.25) is 11.8 Å². The molecule has 0 spiro atoms. The minimum Gasteiger partial charge on any atom is -0.493 e. The minimum absolute atomic E-state index is 0.0826. The lowest BCUT2D eigenvalue weighted by molar-refractivity contribution is -0.116. The van der Waals surface area contributed by atoms with Crippen LogP contribution in [0.1, 0.15) is 28.7 Å². The number of aromatic carboxylic acids is 1. The van der Waals surface area contributed by atoms with Gasteiger partial charge in [-0.15, -0.1) is 10.2 Å². The number of hydrogen-bond donors (Lipinski definition) is 3. The van der Waals surface area contributed by atoms with Crippen LogP contribution >= 0.6 is 11.8 Å². The van der Waals surface area contributed by atoms with Crippen molar-refractivity contribution in [1.29, 1.82) is 0 Å². The summed E-state index contributed by atoms with van der Waals surface area (Å²) in [6.45, 7) is 2.64. The molecule has 3 N–H and O–H groups in total. The van der Waals surface area contributed by atoms with E-state index in [2.05, 4.69) is 20.8 Å². The molecule has 12 heteroatoms. The molecular weight excluding hydrogens is 498 g/mol. The standard InChI is InChI=1S/C25H27N5O6S/c1-4-30-21(14-26-22(31)12-6-16-5-11-19(35-2)20(13-16)36-3)28-29-25(30)37-15-23(32)27-18-9-7-17(8-10-18)24(33)34/h5-13H,4,14-15H2,1-3H3,(H,26,31)(H,27,32)(H,33,34)/b12-6+. The summed E-state index contributed by atoms with van der Waals surface area (Å²) in [6, 6.07) is 11.2. The predicted octanol–water partition coefficient (Wildman–Crippen LogP) is 3.07. The summed E-state index contributed by atoms with van der Waals surface area (Å²) in [7, 11) is 3.10. The van der Waals surface area contributed by atoms with Crippen LogP contribution in [0.3, 0.4) is 0 Å². The van der Waals surface area contributed by atoms with Gasteiger partial charge in [0.1, 0.15) is 0 Å². The summed E-state index contributed by atoms with van der Waals surface area (Å²) in [6.07, 6.45) is 3.08. The Bertz CT molecular complexity index is 1290. The van der Waals surface area contributed by atoms with Gasteiger partial charge in [0.15, 0.2) is 22.5 Å². The number of hydrogen-bond acceptors (Lipinski definition) is 8. The number of carbonyl (C=O) groups excluding carboxylic acids is 2. The van der Waals surface area contributed by atoms with E-state index < -0.39 is 5.97 Å². The van der Waals surface area contributed by atoms with Crippen LogP contribution in [0.15, 0.2) is 53.7 Å². The van der Waals surface area contributed by atoms with Gasteiger partial charge < -0.3 is 29.8 Å².